The average Bonchev–Trinajstić information content (AvgIpc) is 3.11. The number of rotatable bonds is 6. The number of carbonyl (C=O) groups excluding carboxylic acids is 1. The highest BCUT2D eigenvalue weighted by atomic mass is 16.5. The quantitative estimate of drug-likeness (QED) is 0.726. The van der Waals surface area contributed by atoms with E-state index in [2.05, 4.69) is 20.4 Å². The van der Waals surface area contributed by atoms with Crippen LogP contribution in [-0.2, 0) is 11.3 Å². The lowest BCUT2D eigenvalue weighted by Crippen LogP contribution is -2.48. The monoisotopic (exact) mass is 356 g/mol. The molecule has 1 aliphatic heterocycles. The Morgan fingerprint density at radius 2 is 1.92 bits per heavy atom. The summed E-state index contributed by atoms with van der Waals surface area (Å²) in [6.45, 7) is 8.14. The minimum absolute atomic E-state index is 0.0753. The van der Waals surface area contributed by atoms with Gasteiger partial charge in [-0.15, -0.1) is 5.10 Å². The molecular formula is C18H24N6O2. The van der Waals surface area contributed by atoms with Crippen molar-refractivity contribution in [2.24, 2.45) is 0 Å². The van der Waals surface area contributed by atoms with E-state index in [1.165, 1.54) is 0 Å². The van der Waals surface area contributed by atoms with Crippen molar-refractivity contribution in [2.45, 2.75) is 20.4 Å². The van der Waals surface area contributed by atoms with Crippen molar-refractivity contribution >= 4 is 5.91 Å². The van der Waals surface area contributed by atoms with Gasteiger partial charge >= 0.3 is 0 Å². The van der Waals surface area contributed by atoms with Crippen LogP contribution in [0.15, 0.2) is 36.4 Å². The number of tetrazole rings is 1. The minimum atomic E-state index is 0.0753. The van der Waals surface area contributed by atoms with Gasteiger partial charge in [0.25, 0.3) is 0 Å². The summed E-state index contributed by atoms with van der Waals surface area (Å²) in [6, 6.07) is 7.71. The molecule has 1 aromatic heterocycles. The van der Waals surface area contributed by atoms with E-state index in [9.17, 15) is 4.79 Å². The smallest absolute Gasteiger partial charge is 0.246 e. The largest absolute Gasteiger partial charge is 0.494 e. The molecule has 8 heteroatoms. The Morgan fingerprint density at radius 1 is 1.19 bits per heavy atom. The second-order valence-electron chi connectivity index (χ2n) is 6.04. The predicted molar refractivity (Wildman–Crippen MR) is 97.0 cm³/mol. The molecule has 0 atom stereocenters. The highest BCUT2D eigenvalue weighted by molar-refractivity contribution is 5.87. The highest BCUT2D eigenvalue weighted by Gasteiger charge is 2.21. The summed E-state index contributed by atoms with van der Waals surface area (Å²) in [7, 11) is 0. The van der Waals surface area contributed by atoms with Crippen LogP contribution in [0.25, 0.3) is 5.69 Å². The molecule has 1 aliphatic rings. The number of hydrogen-bond donors (Lipinski definition) is 0. The van der Waals surface area contributed by atoms with E-state index in [0.29, 0.717) is 26.2 Å². The molecule has 0 unspecified atom stereocenters. The third-order valence-electron chi connectivity index (χ3n) is 4.28. The maximum atomic E-state index is 11.9. The van der Waals surface area contributed by atoms with Crippen LogP contribution in [0.5, 0.6) is 5.75 Å². The molecular weight excluding hydrogens is 332 g/mol. The van der Waals surface area contributed by atoms with E-state index < -0.39 is 0 Å². The fraction of sp³-hybridized carbons (Fsp3) is 0.444. The molecule has 26 heavy (non-hydrogen) atoms. The van der Waals surface area contributed by atoms with Crippen LogP contribution >= 0.6 is 0 Å². The Kier molecular flexibility index (Phi) is 5.96. The second kappa shape index (κ2) is 8.57. The first-order valence-corrected chi connectivity index (χ1v) is 8.85. The number of carbonyl (C=O) groups is 1. The molecule has 1 saturated heterocycles. The third-order valence-corrected chi connectivity index (χ3v) is 4.28. The molecule has 2 heterocycles. The number of ether oxygens (including phenoxy) is 1. The second-order valence-corrected chi connectivity index (χ2v) is 6.04. The van der Waals surface area contributed by atoms with Crippen molar-refractivity contribution in [1.82, 2.24) is 30.0 Å². The summed E-state index contributed by atoms with van der Waals surface area (Å²) in [5.41, 5.74) is 0.898. The van der Waals surface area contributed by atoms with Gasteiger partial charge in [-0.3, -0.25) is 9.69 Å². The summed E-state index contributed by atoms with van der Waals surface area (Å²) in [5.74, 6) is 1.68. The summed E-state index contributed by atoms with van der Waals surface area (Å²) in [4.78, 5) is 16.0. The molecule has 1 amide bonds. The van der Waals surface area contributed by atoms with Gasteiger partial charge in [-0.1, -0.05) is 6.08 Å². The molecule has 1 fully saturated rings. The number of aromatic nitrogens is 4. The maximum absolute atomic E-state index is 11.9. The Labute approximate surface area is 153 Å². The Bertz CT molecular complexity index is 747. The summed E-state index contributed by atoms with van der Waals surface area (Å²) >= 11 is 0. The number of benzene rings is 1. The molecule has 1 aromatic carbocycles. The minimum Gasteiger partial charge on any atom is -0.494 e. The van der Waals surface area contributed by atoms with E-state index in [-0.39, 0.29) is 5.91 Å². The van der Waals surface area contributed by atoms with Crippen LogP contribution in [0.4, 0.5) is 0 Å². The van der Waals surface area contributed by atoms with E-state index in [1.54, 1.807) is 16.8 Å². The van der Waals surface area contributed by atoms with E-state index in [4.69, 9.17) is 4.74 Å². The normalized spacial score (nSPS) is 15.5. The van der Waals surface area contributed by atoms with Crippen molar-refractivity contribution in [1.29, 1.82) is 0 Å². The third kappa shape index (κ3) is 4.26. The van der Waals surface area contributed by atoms with Gasteiger partial charge in [-0.25, -0.2) is 0 Å². The molecule has 0 bridgehead atoms. The summed E-state index contributed by atoms with van der Waals surface area (Å²) in [5, 5.41) is 12.1. The zero-order chi connectivity index (χ0) is 18.4. The van der Waals surface area contributed by atoms with Gasteiger partial charge in [-0.05, 0) is 54.6 Å². The van der Waals surface area contributed by atoms with Gasteiger partial charge in [0.15, 0.2) is 5.82 Å². The number of amides is 1. The molecule has 0 radical (unpaired) electrons. The van der Waals surface area contributed by atoms with Crippen LogP contribution in [0.3, 0.4) is 0 Å². The molecule has 0 aliphatic carbocycles. The summed E-state index contributed by atoms with van der Waals surface area (Å²) < 4.78 is 7.21. The van der Waals surface area contributed by atoms with Crippen LogP contribution in [-0.4, -0.2) is 68.7 Å². The van der Waals surface area contributed by atoms with Crippen molar-refractivity contribution in [3.63, 3.8) is 0 Å². The molecule has 0 spiro atoms. The van der Waals surface area contributed by atoms with Crippen LogP contribution in [0.1, 0.15) is 19.7 Å². The maximum Gasteiger partial charge on any atom is 0.246 e. The zero-order valence-electron chi connectivity index (χ0n) is 15.2. The standard InChI is InChI=1S/C18H24N6O2/c1-3-5-18(25)23-12-10-22(11-13-23)14-17-19-20-21-24(17)15-6-8-16(9-7-15)26-4-2/h3,5-9H,4,10-14H2,1-2H3/b5-3-. The Morgan fingerprint density at radius 3 is 2.58 bits per heavy atom. The van der Waals surface area contributed by atoms with Crippen LogP contribution in [0.2, 0.25) is 0 Å². The molecule has 0 N–H and O–H groups in total. The number of allylic oxidation sites excluding steroid dienone is 1. The van der Waals surface area contributed by atoms with E-state index in [1.807, 2.05) is 43.0 Å². The van der Waals surface area contributed by atoms with Gasteiger partial charge in [0, 0.05) is 26.2 Å². The van der Waals surface area contributed by atoms with Crippen LogP contribution < -0.4 is 4.74 Å². The number of piperazine rings is 1. The highest BCUT2D eigenvalue weighted by Crippen LogP contribution is 2.16. The van der Waals surface area contributed by atoms with Gasteiger partial charge in [-0.2, -0.15) is 4.68 Å². The Balaban J connectivity index is 1.62. The van der Waals surface area contributed by atoms with Crippen molar-refractivity contribution in [2.75, 3.05) is 32.8 Å². The molecule has 138 valence electrons. The molecule has 8 nitrogen and oxygen atoms in total. The lowest BCUT2D eigenvalue weighted by atomic mass is 10.3. The molecule has 2 aromatic rings. The van der Waals surface area contributed by atoms with Crippen molar-refractivity contribution in [3.8, 4) is 11.4 Å². The lowest BCUT2D eigenvalue weighted by molar-refractivity contribution is -0.127. The van der Waals surface area contributed by atoms with Crippen LogP contribution in [0, 0.1) is 0 Å². The molecule has 3 rings (SSSR count). The fourth-order valence-corrected chi connectivity index (χ4v) is 2.93. The van der Waals surface area contributed by atoms with Crippen molar-refractivity contribution < 1.29 is 9.53 Å². The average molecular weight is 356 g/mol. The fourth-order valence-electron chi connectivity index (χ4n) is 2.93. The lowest BCUT2D eigenvalue weighted by Gasteiger charge is -2.33. The van der Waals surface area contributed by atoms with Gasteiger partial charge in [0.1, 0.15) is 5.75 Å². The molecule has 0 saturated carbocycles. The van der Waals surface area contributed by atoms with Gasteiger partial charge in [0.05, 0.1) is 18.8 Å². The topological polar surface area (TPSA) is 76.4 Å². The first-order chi connectivity index (χ1) is 12.7. The van der Waals surface area contributed by atoms with Gasteiger partial charge in [0.2, 0.25) is 5.91 Å². The predicted octanol–water partition coefficient (Wildman–Crippen LogP) is 1.28. The number of hydrogen-bond acceptors (Lipinski definition) is 6. The van der Waals surface area contributed by atoms with Gasteiger partial charge < -0.3 is 9.64 Å². The first-order valence-electron chi connectivity index (χ1n) is 8.85. The first kappa shape index (κ1) is 18.1. The summed E-state index contributed by atoms with van der Waals surface area (Å²) in [6.07, 6.45) is 3.39. The SMILES string of the molecule is C/C=C\C(=O)N1CCN(Cc2nnnn2-c2ccc(OCC)cc2)CC1. The number of nitrogens with zero attached hydrogens (tertiary/aromatic N) is 6. The zero-order valence-corrected chi connectivity index (χ0v) is 15.2. The van der Waals surface area contributed by atoms with E-state index >= 15 is 0 Å². The van der Waals surface area contributed by atoms with Crippen molar-refractivity contribution in [3.05, 3.63) is 42.2 Å². The Hall–Kier alpha value is -2.74. The van der Waals surface area contributed by atoms with E-state index in [0.717, 1.165) is 30.4 Å².